The maximum atomic E-state index is 6.53. The zero-order valence-corrected chi connectivity index (χ0v) is 14.3. The number of aryl methyl sites for hydroxylation is 2. The second-order valence-corrected chi connectivity index (χ2v) is 6.60. The van der Waals surface area contributed by atoms with E-state index in [1.165, 1.54) is 5.56 Å². The second kappa shape index (κ2) is 6.05. The molecule has 100 valence electrons. The molecule has 0 aliphatic carbocycles. The van der Waals surface area contributed by atoms with Crippen LogP contribution < -0.4 is 0 Å². The van der Waals surface area contributed by atoms with Crippen LogP contribution in [0.4, 0.5) is 0 Å². The van der Waals surface area contributed by atoms with Gasteiger partial charge < -0.3 is 0 Å². The predicted octanol–water partition coefficient (Wildman–Crippen LogP) is 6.70. The Balaban J connectivity index is 2.46. The highest BCUT2D eigenvalue weighted by molar-refractivity contribution is 9.10. The molecule has 0 amide bonds. The van der Waals surface area contributed by atoms with Crippen LogP contribution in [0.3, 0.4) is 0 Å². The molecule has 19 heavy (non-hydrogen) atoms. The van der Waals surface area contributed by atoms with Crippen molar-refractivity contribution >= 4 is 50.7 Å². The molecule has 2 aromatic rings. The third-order valence-corrected chi connectivity index (χ3v) is 5.17. The molecule has 0 radical (unpaired) electrons. The summed E-state index contributed by atoms with van der Waals surface area (Å²) in [5, 5.41) is 1.02. The van der Waals surface area contributed by atoms with E-state index >= 15 is 0 Å². The van der Waals surface area contributed by atoms with Crippen LogP contribution in [-0.4, -0.2) is 0 Å². The highest BCUT2D eigenvalue weighted by Crippen LogP contribution is 2.37. The van der Waals surface area contributed by atoms with Gasteiger partial charge in [0, 0.05) is 9.50 Å². The Morgan fingerprint density at radius 3 is 2.21 bits per heavy atom. The lowest BCUT2D eigenvalue weighted by Crippen LogP contribution is -1.97. The van der Waals surface area contributed by atoms with Crippen LogP contribution in [0.1, 0.15) is 27.6 Å². The Kier molecular flexibility index (Phi) is 4.84. The van der Waals surface area contributed by atoms with E-state index in [2.05, 4.69) is 15.9 Å². The number of hydrogen-bond acceptors (Lipinski definition) is 0. The van der Waals surface area contributed by atoms with Crippen molar-refractivity contribution in [2.75, 3.05) is 0 Å². The number of rotatable bonds is 2. The molecule has 1 atom stereocenters. The third kappa shape index (κ3) is 3.28. The van der Waals surface area contributed by atoms with Crippen LogP contribution in [0, 0.1) is 13.8 Å². The first kappa shape index (κ1) is 15.2. The van der Waals surface area contributed by atoms with Gasteiger partial charge in [0.2, 0.25) is 0 Å². The van der Waals surface area contributed by atoms with Crippen LogP contribution in [0.5, 0.6) is 0 Å². The largest absolute Gasteiger partial charge is 0.113 e. The van der Waals surface area contributed by atoms with E-state index in [-0.39, 0.29) is 5.38 Å². The number of halogens is 4. The average molecular weight is 379 g/mol. The van der Waals surface area contributed by atoms with Gasteiger partial charge in [0.25, 0.3) is 0 Å². The molecule has 0 aliphatic rings. The van der Waals surface area contributed by atoms with E-state index in [1.807, 2.05) is 44.2 Å². The van der Waals surface area contributed by atoms with Gasteiger partial charge in [-0.1, -0.05) is 35.3 Å². The topological polar surface area (TPSA) is 0 Å². The van der Waals surface area contributed by atoms with E-state index < -0.39 is 0 Å². The fourth-order valence-corrected chi connectivity index (χ4v) is 2.98. The fourth-order valence-electron chi connectivity index (χ4n) is 1.85. The van der Waals surface area contributed by atoms with Gasteiger partial charge in [0.05, 0.1) is 10.4 Å². The van der Waals surface area contributed by atoms with E-state index in [4.69, 9.17) is 34.8 Å². The molecular weight excluding hydrogens is 366 g/mol. The Hall–Kier alpha value is -0.210. The van der Waals surface area contributed by atoms with Crippen molar-refractivity contribution in [2.45, 2.75) is 19.2 Å². The summed E-state index contributed by atoms with van der Waals surface area (Å²) in [4.78, 5) is 0. The van der Waals surface area contributed by atoms with Gasteiger partial charge >= 0.3 is 0 Å². The van der Waals surface area contributed by atoms with Crippen molar-refractivity contribution in [3.05, 3.63) is 67.1 Å². The maximum absolute atomic E-state index is 6.53. The average Bonchev–Trinajstić information content (AvgIpc) is 2.36. The Bertz CT molecular complexity index is 623. The smallest absolute Gasteiger partial charge is 0.0850 e. The Morgan fingerprint density at radius 1 is 0.947 bits per heavy atom. The molecule has 0 fully saturated rings. The number of benzene rings is 2. The third-order valence-electron chi connectivity index (χ3n) is 3.12. The molecule has 4 heteroatoms. The zero-order chi connectivity index (χ0) is 14.2. The summed E-state index contributed by atoms with van der Waals surface area (Å²) >= 11 is 22.3. The lowest BCUT2D eigenvalue weighted by molar-refractivity contribution is 1.12. The molecule has 0 saturated heterocycles. The van der Waals surface area contributed by atoms with E-state index in [0.29, 0.717) is 10.0 Å². The molecule has 0 N–H and O–H groups in total. The van der Waals surface area contributed by atoms with Crippen molar-refractivity contribution in [3.8, 4) is 0 Å². The van der Waals surface area contributed by atoms with Crippen molar-refractivity contribution in [1.29, 1.82) is 0 Å². The minimum Gasteiger partial charge on any atom is -0.113 e. The van der Waals surface area contributed by atoms with Gasteiger partial charge in [0.1, 0.15) is 0 Å². The maximum Gasteiger partial charge on any atom is 0.0850 e. The molecule has 0 spiro atoms. The molecule has 0 heterocycles. The highest BCUT2D eigenvalue weighted by Gasteiger charge is 2.16. The first-order valence-corrected chi connectivity index (χ1v) is 7.74. The fraction of sp³-hybridized carbons (Fsp3) is 0.200. The second-order valence-electron chi connectivity index (χ2n) is 4.49. The normalized spacial score (nSPS) is 12.5. The van der Waals surface area contributed by atoms with Gasteiger partial charge in [-0.2, -0.15) is 0 Å². The SMILES string of the molecule is Cc1cc(Cl)c(C(Cl)c2ccc(Br)c(Cl)c2)cc1C. The van der Waals surface area contributed by atoms with Crippen molar-refractivity contribution in [1.82, 2.24) is 0 Å². The lowest BCUT2D eigenvalue weighted by atomic mass is 10.00. The monoisotopic (exact) mass is 376 g/mol. The van der Waals surface area contributed by atoms with E-state index in [0.717, 1.165) is 21.2 Å². The summed E-state index contributed by atoms with van der Waals surface area (Å²) in [6.45, 7) is 4.08. The number of alkyl halides is 1. The summed E-state index contributed by atoms with van der Waals surface area (Å²) < 4.78 is 0.855. The first-order valence-electron chi connectivity index (χ1n) is 5.76. The first-order chi connectivity index (χ1) is 8.90. The molecule has 1 unspecified atom stereocenters. The molecule has 2 aromatic carbocycles. The standard InChI is InChI=1S/C15H12BrCl3/c1-8-5-11(13(17)6-9(8)2)15(19)10-3-4-12(16)14(18)7-10/h3-7,15H,1-2H3. The van der Waals surface area contributed by atoms with E-state index in [1.54, 1.807) is 0 Å². The predicted molar refractivity (Wildman–Crippen MR) is 87.8 cm³/mol. The molecule has 0 aliphatic heterocycles. The van der Waals surface area contributed by atoms with Crippen LogP contribution in [0.25, 0.3) is 0 Å². The zero-order valence-electron chi connectivity index (χ0n) is 10.5. The summed E-state index contributed by atoms with van der Waals surface area (Å²) in [6.07, 6.45) is 0. The van der Waals surface area contributed by atoms with Crippen LogP contribution in [0.15, 0.2) is 34.8 Å². The van der Waals surface area contributed by atoms with Crippen LogP contribution >= 0.6 is 50.7 Å². The Labute approximate surface area is 136 Å². The quantitative estimate of drug-likeness (QED) is 0.510. The van der Waals surface area contributed by atoms with E-state index in [9.17, 15) is 0 Å². The van der Waals surface area contributed by atoms with Gasteiger partial charge in [-0.25, -0.2) is 0 Å². The molecule has 0 nitrogen and oxygen atoms in total. The lowest BCUT2D eigenvalue weighted by Gasteiger charge is -2.15. The van der Waals surface area contributed by atoms with Gasteiger partial charge in [-0.3, -0.25) is 0 Å². The molecular formula is C15H12BrCl3. The van der Waals surface area contributed by atoms with Crippen LogP contribution in [0.2, 0.25) is 10.0 Å². The van der Waals surface area contributed by atoms with Crippen LogP contribution in [-0.2, 0) is 0 Å². The molecule has 2 rings (SSSR count). The Morgan fingerprint density at radius 2 is 1.58 bits per heavy atom. The molecule has 0 aromatic heterocycles. The number of hydrogen-bond donors (Lipinski definition) is 0. The van der Waals surface area contributed by atoms with Crippen molar-refractivity contribution in [3.63, 3.8) is 0 Å². The van der Waals surface area contributed by atoms with Gasteiger partial charge in [-0.15, -0.1) is 11.6 Å². The summed E-state index contributed by atoms with van der Waals surface area (Å²) in [6, 6.07) is 9.67. The summed E-state index contributed by atoms with van der Waals surface area (Å²) in [5.74, 6) is 0. The molecule has 0 bridgehead atoms. The minimum atomic E-state index is -0.308. The summed E-state index contributed by atoms with van der Waals surface area (Å²) in [5.41, 5.74) is 4.17. The van der Waals surface area contributed by atoms with Crippen molar-refractivity contribution < 1.29 is 0 Å². The van der Waals surface area contributed by atoms with Gasteiger partial charge in [-0.05, 0) is 70.2 Å². The van der Waals surface area contributed by atoms with Gasteiger partial charge in [0.15, 0.2) is 0 Å². The summed E-state index contributed by atoms with van der Waals surface area (Å²) in [7, 11) is 0. The minimum absolute atomic E-state index is 0.308. The highest BCUT2D eigenvalue weighted by atomic mass is 79.9. The molecule has 0 saturated carbocycles. The van der Waals surface area contributed by atoms with Crippen molar-refractivity contribution in [2.24, 2.45) is 0 Å².